The van der Waals surface area contributed by atoms with Gasteiger partial charge in [0.1, 0.15) is 0 Å². The van der Waals surface area contributed by atoms with Crippen LogP contribution in [-0.2, 0) is 7.05 Å². The van der Waals surface area contributed by atoms with E-state index in [9.17, 15) is 0 Å². The molecule has 3 rings (SSSR count). The van der Waals surface area contributed by atoms with Crippen LogP contribution in [0.1, 0.15) is 43.9 Å². The van der Waals surface area contributed by atoms with Gasteiger partial charge in [-0.2, -0.15) is 5.10 Å². The van der Waals surface area contributed by atoms with Crippen LogP contribution in [-0.4, -0.2) is 9.78 Å². The first-order chi connectivity index (χ1) is 7.75. The van der Waals surface area contributed by atoms with E-state index in [1.807, 2.05) is 25.6 Å². The predicted octanol–water partition coefficient (Wildman–Crippen LogP) is 3.79. The molecule has 86 valence electrons. The summed E-state index contributed by atoms with van der Waals surface area (Å²) in [6.45, 7) is 6.14. The Bertz CT molecular complexity index is 493. The lowest BCUT2D eigenvalue weighted by molar-refractivity contribution is 0.767. The highest BCUT2D eigenvalue weighted by molar-refractivity contribution is 5.83. The first-order valence-corrected chi connectivity index (χ1v) is 6.19. The third kappa shape index (κ3) is 1.84. The van der Waals surface area contributed by atoms with E-state index in [1.54, 1.807) is 0 Å². The third-order valence-electron chi connectivity index (χ3n) is 3.00. The average Bonchev–Trinajstić information content (AvgIpc) is 3.08. The summed E-state index contributed by atoms with van der Waals surface area (Å²) in [6, 6.07) is 6.58. The monoisotopic (exact) mass is 216 g/mol. The van der Waals surface area contributed by atoms with Crippen LogP contribution in [0.5, 0.6) is 0 Å². The molecule has 1 aromatic heterocycles. The van der Waals surface area contributed by atoms with Crippen molar-refractivity contribution in [1.82, 2.24) is 9.78 Å². The van der Waals surface area contributed by atoms with Crippen molar-refractivity contribution in [2.24, 2.45) is 7.05 Å². The van der Waals surface area contributed by atoms with Gasteiger partial charge in [-0.25, -0.2) is 0 Å². The van der Waals surface area contributed by atoms with Gasteiger partial charge in [-0.15, -0.1) is 0 Å². The largest absolute Gasteiger partial charge is 0.268 e. The molecule has 2 heteroatoms. The van der Waals surface area contributed by atoms with Crippen LogP contribution in [0.2, 0.25) is 0 Å². The Morgan fingerprint density at radius 3 is 2.56 bits per heavy atom. The van der Waals surface area contributed by atoms with Crippen LogP contribution in [0.25, 0.3) is 10.9 Å². The number of hydrogen-bond acceptors (Lipinski definition) is 1. The number of rotatable bonds is 1. The Kier molecular flexibility index (Phi) is 2.99. The number of fused-ring (bicyclic) bond motifs is 1. The van der Waals surface area contributed by atoms with Gasteiger partial charge < -0.3 is 0 Å². The number of aromatic nitrogens is 2. The highest BCUT2D eigenvalue weighted by Gasteiger charge is 2.28. The van der Waals surface area contributed by atoms with Gasteiger partial charge in [-0.05, 0) is 31.9 Å². The van der Waals surface area contributed by atoms with Crippen LogP contribution in [0.3, 0.4) is 0 Å². The van der Waals surface area contributed by atoms with E-state index < -0.39 is 0 Å². The molecule has 1 saturated carbocycles. The minimum absolute atomic E-state index is 0.737. The SMILES string of the molecule is CC.Cc1ccc2c(c1)c(C1CC1)nn2C. The molecule has 2 nitrogen and oxygen atoms in total. The smallest absolute Gasteiger partial charge is 0.0734 e. The zero-order valence-corrected chi connectivity index (χ0v) is 10.6. The van der Waals surface area contributed by atoms with E-state index in [-0.39, 0.29) is 0 Å². The molecule has 0 amide bonds. The summed E-state index contributed by atoms with van der Waals surface area (Å²) in [7, 11) is 2.03. The van der Waals surface area contributed by atoms with Crippen molar-refractivity contribution >= 4 is 10.9 Å². The molecule has 1 aliphatic rings. The molecular weight excluding hydrogens is 196 g/mol. The van der Waals surface area contributed by atoms with E-state index in [4.69, 9.17) is 0 Å². The quantitative estimate of drug-likeness (QED) is 0.709. The lowest BCUT2D eigenvalue weighted by atomic mass is 10.1. The molecule has 0 unspecified atom stereocenters. The standard InChI is InChI=1S/C12H14N2.C2H6/c1-8-3-6-11-10(7-8)12(9-4-5-9)13-14(11)2;1-2/h3,6-7,9H,4-5H2,1-2H3;1-2H3. The van der Waals surface area contributed by atoms with Crippen molar-refractivity contribution in [2.45, 2.75) is 39.5 Å². The average molecular weight is 216 g/mol. The Morgan fingerprint density at radius 1 is 1.25 bits per heavy atom. The Morgan fingerprint density at radius 2 is 1.94 bits per heavy atom. The second-order valence-electron chi connectivity index (χ2n) is 4.30. The summed E-state index contributed by atoms with van der Waals surface area (Å²) >= 11 is 0. The number of hydrogen-bond donors (Lipinski definition) is 0. The fourth-order valence-electron chi connectivity index (χ4n) is 2.06. The molecular formula is C14H20N2. The van der Waals surface area contributed by atoms with Crippen LogP contribution >= 0.6 is 0 Å². The van der Waals surface area contributed by atoms with Gasteiger partial charge in [0.25, 0.3) is 0 Å². The summed E-state index contributed by atoms with van der Waals surface area (Å²) in [6.07, 6.45) is 2.64. The van der Waals surface area contributed by atoms with Crippen LogP contribution in [0.4, 0.5) is 0 Å². The van der Waals surface area contributed by atoms with Crippen molar-refractivity contribution in [1.29, 1.82) is 0 Å². The Balaban J connectivity index is 0.000000457. The van der Waals surface area contributed by atoms with Gasteiger partial charge in [0, 0.05) is 18.4 Å². The number of nitrogens with zero attached hydrogens (tertiary/aromatic N) is 2. The Hall–Kier alpha value is -1.31. The van der Waals surface area contributed by atoms with Crippen molar-refractivity contribution in [3.63, 3.8) is 0 Å². The minimum Gasteiger partial charge on any atom is -0.268 e. The van der Waals surface area contributed by atoms with Crippen LogP contribution in [0.15, 0.2) is 18.2 Å². The molecule has 1 fully saturated rings. The zero-order valence-electron chi connectivity index (χ0n) is 10.6. The van der Waals surface area contributed by atoms with Crippen LogP contribution < -0.4 is 0 Å². The molecule has 0 saturated heterocycles. The first-order valence-electron chi connectivity index (χ1n) is 6.19. The van der Waals surface area contributed by atoms with E-state index in [0.29, 0.717) is 0 Å². The molecule has 1 aromatic carbocycles. The maximum absolute atomic E-state index is 4.61. The molecule has 0 atom stereocenters. The van der Waals surface area contributed by atoms with Crippen molar-refractivity contribution in [2.75, 3.05) is 0 Å². The Labute approximate surface area is 97.3 Å². The lowest BCUT2D eigenvalue weighted by Crippen LogP contribution is -1.90. The maximum Gasteiger partial charge on any atom is 0.0734 e. The molecule has 16 heavy (non-hydrogen) atoms. The van der Waals surface area contributed by atoms with Crippen molar-refractivity contribution < 1.29 is 0 Å². The summed E-state index contributed by atoms with van der Waals surface area (Å²) in [5.74, 6) is 0.737. The lowest BCUT2D eigenvalue weighted by Gasteiger charge is -1.95. The minimum atomic E-state index is 0.737. The molecule has 1 aliphatic carbocycles. The van der Waals surface area contributed by atoms with Gasteiger partial charge in [0.05, 0.1) is 11.2 Å². The second-order valence-corrected chi connectivity index (χ2v) is 4.30. The second kappa shape index (κ2) is 4.28. The summed E-state index contributed by atoms with van der Waals surface area (Å²) in [5.41, 5.74) is 3.90. The highest BCUT2D eigenvalue weighted by Crippen LogP contribution is 2.42. The van der Waals surface area contributed by atoms with Gasteiger partial charge in [0.15, 0.2) is 0 Å². The van der Waals surface area contributed by atoms with E-state index >= 15 is 0 Å². The van der Waals surface area contributed by atoms with Gasteiger partial charge in [-0.1, -0.05) is 25.5 Å². The molecule has 0 aliphatic heterocycles. The molecule has 0 radical (unpaired) electrons. The summed E-state index contributed by atoms with van der Waals surface area (Å²) in [5, 5.41) is 5.97. The predicted molar refractivity (Wildman–Crippen MR) is 68.8 cm³/mol. The molecule has 0 spiro atoms. The van der Waals surface area contributed by atoms with Crippen LogP contribution in [0, 0.1) is 6.92 Å². The van der Waals surface area contributed by atoms with Crippen molar-refractivity contribution in [3.8, 4) is 0 Å². The number of benzene rings is 1. The molecule has 0 N–H and O–H groups in total. The van der Waals surface area contributed by atoms with E-state index in [1.165, 1.54) is 35.0 Å². The van der Waals surface area contributed by atoms with Gasteiger partial charge >= 0.3 is 0 Å². The molecule has 1 heterocycles. The summed E-state index contributed by atoms with van der Waals surface area (Å²) in [4.78, 5) is 0. The first kappa shape index (κ1) is 11.2. The van der Waals surface area contributed by atoms with Gasteiger partial charge in [0.2, 0.25) is 0 Å². The fraction of sp³-hybridized carbons (Fsp3) is 0.500. The zero-order chi connectivity index (χ0) is 11.7. The van der Waals surface area contributed by atoms with Gasteiger partial charge in [-0.3, -0.25) is 4.68 Å². The third-order valence-corrected chi connectivity index (χ3v) is 3.00. The van der Waals surface area contributed by atoms with Crippen molar-refractivity contribution in [3.05, 3.63) is 29.5 Å². The molecule has 2 aromatic rings. The number of aryl methyl sites for hydroxylation is 2. The van der Waals surface area contributed by atoms with E-state index in [0.717, 1.165) is 5.92 Å². The summed E-state index contributed by atoms with van der Waals surface area (Å²) < 4.78 is 2.00. The van der Waals surface area contributed by atoms with E-state index in [2.05, 4.69) is 30.2 Å². The fourth-order valence-corrected chi connectivity index (χ4v) is 2.06. The topological polar surface area (TPSA) is 17.8 Å². The highest BCUT2D eigenvalue weighted by atomic mass is 15.3. The normalized spacial score (nSPS) is 14.8. The maximum atomic E-state index is 4.61. The molecule has 0 bridgehead atoms.